The Hall–Kier alpha value is -2.45. The molecule has 1 aromatic carbocycles. The van der Waals surface area contributed by atoms with Crippen LogP contribution < -0.4 is 14.8 Å². The normalized spacial score (nSPS) is 11.1. The lowest BCUT2D eigenvalue weighted by Gasteiger charge is -2.08. The largest absolute Gasteiger partial charge is 0.494 e. The second kappa shape index (κ2) is 9.88. The molecule has 2 N–H and O–H groups in total. The zero-order valence-corrected chi connectivity index (χ0v) is 15.5. The van der Waals surface area contributed by atoms with Gasteiger partial charge < -0.3 is 10.1 Å². The van der Waals surface area contributed by atoms with Gasteiger partial charge in [-0.25, -0.2) is 13.1 Å². The van der Waals surface area contributed by atoms with Crippen LogP contribution in [-0.2, 0) is 21.2 Å². The summed E-state index contributed by atoms with van der Waals surface area (Å²) < 4.78 is 32.1. The number of ether oxygens (including phenoxy) is 1. The van der Waals surface area contributed by atoms with E-state index in [4.69, 9.17) is 4.74 Å². The predicted molar refractivity (Wildman–Crippen MR) is 98.4 cm³/mol. The number of benzene rings is 1. The van der Waals surface area contributed by atoms with Crippen molar-refractivity contribution in [2.24, 2.45) is 0 Å². The van der Waals surface area contributed by atoms with Crippen LogP contribution in [0.2, 0.25) is 0 Å². The Bertz CT molecular complexity index is 793. The van der Waals surface area contributed by atoms with Crippen molar-refractivity contribution in [1.29, 1.82) is 0 Å². The molecular formula is C18H23N3O4S. The zero-order valence-electron chi connectivity index (χ0n) is 14.6. The minimum absolute atomic E-state index is 0.0327. The molecule has 1 amide bonds. The number of rotatable bonds is 10. The van der Waals surface area contributed by atoms with Crippen molar-refractivity contribution >= 4 is 15.9 Å². The first-order valence-corrected chi connectivity index (χ1v) is 9.88. The van der Waals surface area contributed by atoms with Gasteiger partial charge in [0.2, 0.25) is 15.9 Å². The monoisotopic (exact) mass is 377 g/mol. The number of pyridine rings is 1. The lowest BCUT2D eigenvalue weighted by molar-refractivity contribution is -0.120. The van der Waals surface area contributed by atoms with Gasteiger partial charge in [0.1, 0.15) is 5.75 Å². The maximum absolute atomic E-state index is 12.2. The molecule has 0 bridgehead atoms. The van der Waals surface area contributed by atoms with E-state index < -0.39 is 10.0 Å². The molecule has 2 rings (SSSR count). The van der Waals surface area contributed by atoms with Crippen molar-refractivity contribution < 1.29 is 17.9 Å². The van der Waals surface area contributed by atoms with Crippen LogP contribution >= 0.6 is 0 Å². The molecule has 0 fully saturated rings. The van der Waals surface area contributed by atoms with Gasteiger partial charge in [0.25, 0.3) is 0 Å². The van der Waals surface area contributed by atoms with Crippen LogP contribution in [0.4, 0.5) is 0 Å². The second-order valence-corrected chi connectivity index (χ2v) is 7.24. The Balaban J connectivity index is 1.72. The van der Waals surface area contributed by atoms with Gasteiger partial charge >= 0.3 is 0 Å². The van der Waals surface area contributed by atoms with Gasteiger partial charge in [-0.05, 0) is 43.3 Å². The minimum atomic E-state index is -3.65. The highest BCUT2D eigenvalue weighted by atomic mass is 32.2. The Morgan fingerprint density at radius 1 is 1.12 bits per heavy atom. The smallest absolute Gasteiger partial charge is 0.240 e. The molecule has 140 valence electrons. The van der Waals surface area contributed by atoms with Gasteiger partial charge in [-0.2, -0.15) is 0 Å². The van der Waals surface area contributed by atoms with Crippen molar-refractivity contribution in [3.8, 4) is 5.75 Å². The first-order chi connectivity index (χ1) is 12.5. The van der Waals surface area contributed by atoms with Gasteiger partial charge in [0, 0.05) is 37.8 Å². The van der Waals surface area contributed by atoms with Crippen LogP contribution in [0.25, 0.3) is 0 Å². The fourth-order valence-electron chi connectivity index (χ4n) is 2.23. The van der Waals surface area contributed by atoms with E-state index in [2.05, 4.69) is 15.0 Å². The van der Waals surface area contributed by atoms with Crippen molar-refractivity contribution in [3.05, 3.63) is 54.4 Å². The summed E-state index contributed by atoms with van der Waals surface area (Å²) in [5.41, 5.74) is 0.893. The third-order valence-corrected chi connectivity index (χ3v) is 5.00. The Morgan fingerprint density at radius 2 is 1.88 bits per heavy atom. The predicted octanol–water partition coefficient (Wildman–Crippen LogP) is 1.51. The van der Waals surface area contributed by atoms with Crippen molar-refractivity contribution in [2.45, 2.75) is 24.7 Å². The Morgan fingerprint density at radius 3 is 2.54 bits per heavy atom. The lowest BCUT2D eigenvalue weighted by atomic mass is 10.2. The van der Waals surface area contributed by atoms with E-state index in [0.29, 0.717) is 25.3 Å². The van der Waals surface area contributed by atoms with E-state index in [0.717, 1.165) is 5.69 Å². The number of hydrogen-bond acceptors (Lipinski definition) is 5. The van der Waals surface area contributed by atoms with E-state index in [9.17, 15) is 13.2 Å². The topological polar surface area (TPSA) is 97.4 Å². The number of carbonyl (C=O) groups is 1. The van der Waals surface area contributed by atoms with Crippen LogP contribution in [0.5, 0.6) is 5.75 Å². The van der Waals surface area contributed by atoms with E-state index in [1.54, 1.807) is 18.3 Å². The molecule has 0 spiro atoms. The van der Waals surface area contributed by atoms with E-state index in [-0.39, 0.29) is 23.8 Å². The van der Waals surface area contributed by atoms with Crippen LogP contribution in [0.1, 0.15) is 19.0 Å². The molecule has 0 radical (unpaired) electrons. The maximum atomic E-state index is 12.2. The van der Waals surface area contributed by atoms with Gasteiger partial charge in [0.15, 0.2) is 0 Å². The summed E-state index contributed by atoms with van der Waals surface area (Å²) in [4.78, 5) is 16.1. The lowest BCUT2D eigenvalue weighted by Crippen LogP contribution is -2.31. The van der Waals surface area contributed by atoms with Crippen LogP contribution in [0, 0.1) is 0 Å². The summed E-state index contributed by atoms with van der Waals surface area (Å²) in [6.07, 6.45) is 2.40. The summed E-state index contributed by atoms with van der Waals surface area (Å²) in [6.45, 7) is 2.86. The van der Waals surface area contributed by atoms with Crippen molar-refractivity contribution in [3.63, 3.8) is 0 Å². The molecule has 0 aliphatic heterocycles. The molecule has 0 unspecified atom stereocenters. The number of amides is 1. The van der Waals surface area contributed by atoms with Gasteiger partial charge in [-0.3, -0.25) is 9.78 Å². The van der Waals surface area contributed by atoms with Gasteiger partial charge in [-0.15, -0.1) is 0 Å². The van der Waals surface area contributed by atoms with Gasteiger partial charge in [-0.1, -0.05) is 6.07 Å². The summed E-state index contributed by atoms with van der Waals surface area (Å²) >= 11 is 0. The highest BCUT2D eigenvalue weighted by Gasteiger charge is 2.14. The van der Waals surface area contributed by atoms with Gasteiger partial charge in [0.05, 0.1) is 11.5 Å². The third-order valence-electron chi connectivity index (χ3n) is 3.52. The third kappa shape index (κ3) is 6.45. The molecule has 0 aliphatic carbocycles. The zero-order chi connectivity index (χ0) is 18.8. The summed E-state index contributed by atoms with van der Waals surface area (Å²) in [7, 11) is -3.65. The fraction of sp³-hybridized carbons (Fsp3) is 0.333. The molecule has 2 aromatic rings. The molecular weight excluding hydrogens is 354 g/mol. The molecule has 1 aromatic heterocycles. The number of sulfonamides is 1. The molecule has 0 saturated carbocycles. The van der Waals surface area contributed by atoms with E-state index >= 15 is 0 Å². The Labute approximate surface area is 153 Å². The molecule has 1 heterocycles. The molecule has 0 aliphatic rings. The minimum Gasteiger partial charge on any atom is -0.494 e. The first kappa shape index (κ1) is 19.9. The number of carbonyl (C=O) groups excluding carboxylic acids is 1. The number of nitrogens with one attached hydrogen (secondary N) is 2. The van der Waals surface area contributed by atoms with E-state index in [1.165, 1.54) is 12.1 Å². The van der Waals surface area contributed by atoms with Crippen molar-refractivity contribution in [1.82, 2.24) is 15.0 Å². The number of aromatic nitrogens is 1. The Kier molecular flexibility index (Phi) is 7.55. The summed E-state index contributed by atoms with van der Waals surface area (Å²) in [6, 6.07) is 11.8. The second-order valence-electron chi connectivity index (χ2n) is 5.47. The highest BCUT2D eigenvalue weighted by Crippen LogP contribution is 2.15. The standard InChI is InChI=1S/C18H23N3O4S/c1-2-25-16-6-8-17(9-7-16)26(23,24)21-14-11-18(22)20-13-10-15-5-3-4-12-19-15/h3-9,12,21H,2,10-11,13-14H2,1H3,(H,20,22). The molecule has 0 atom stereocenters. The molecule has 8 heteroatoms. The quantitative estimate of drug-likeness (QED) is 0.654. The van der Waals surface area contributed by atoms with Crippen LogP contribution in [0.3, 0.4) is 0 Å². The maximum Gasteiger partial charge on any atom is 0.240 e. The summed E-state index contributed by atoms with van der Waals surface area (Å²) in [5, 5.41) is 2.75. The van der Waals surface area contributed by atoms with Crippen LogP contribution in [0.15, 0.2) is 53.6 Å². The highest BCUT2D eigenvalue weighted by molar-refractivity contribution is 7.89. The average molecular weight is 377 g/mol. The molecule has 0 saturated heterocycles. The average Bonchev–Trinajstić information content (AvgIpc) is 2.63. The first-order valence-electron chi connectivity index (χ1n) is 8.40. The fourth-order valence-corrected chi connectivity index (χ4v) is 3.26. The number of hydrogen-bond donors (Lipinski definition) is 2. The van der Waals surface area contributed by atoms with Crippen molar-refractivity contribution in [2.75, 3.05) is 19.7 Å². The molecule has 26 heavy (non-hydrogen) atoms. The summed E-state index contributed by atoms with van der Waals surface area (Å²) in [5.74, 6) is 0.397. The number of nitrogens with zero attached hydrogens (tertiary/aromatic N) is 1. The van der Waals surface area contributed by atoms with E-state index in [1.807, 2.05) is 25.1 Å². The molecule has 7 nitrogen and oxygen atoms in total. The SMILES string of the molecule is CCOc1ccc(S(=O)(=O)NCCC(=O)NCCc2ccccn2)cc1. The van der Waals surface area contributed by atoms with Crippen LogP contribution in [-0.4, -0.2) is 39.0 Å².